The Balaban J connectivity index is 1.74. The van der Waals surface area contributed by atoms with Crippen LogP contribution in [0.5, 0.6) is 0 Å². The monoisotopic (exact) mass is 331 g/mol. The van der Waals surface area contributed by atoms with Gasteiger partial charge in [-0.1, -0.05) is 6.92 Å². The average Bonchev–Trinajstić information content (AvgIpc) is 3.04. The van der Waals surface area contributed by atoms with Crippen LogP contribution in [-0.2, 0) is 24.4 Å². The van der Waals surface area contributed by atoms with Crippen LogP contribution in [-0.4, -0.2) is 41.8 Å². The number of rotatable bonds is 4. The van der Waals surface area contributed by atoms with Gasteiger partial charge in [-0.25, -0.2) is 4.98 Å². The van der Waals surface area contributed by atoms with E-state index in [1.807, 2.05) is 41.0 Å². The lowest BCUT2D eigenvalue weighted by Gasteiger charge is -2.20. The van der Waals surface area contributed by atoms with Crippen molar-refractivity contribution in [1.29, 1.82) is 0 Å². The Morgan fingerprint density at radius 3 is 2.83 bits per heavy atom. The van der Waals surface area contributed by atoms with Gasteiger partial charge in [0.05, 0.1) is 36.1 Å². The molecule has 0 radical (unpaired) electrons. The lowest BCUT2D eigenvalue weighted by atomic mass is 10.2. The van der Waals surface area contributed by atoms with Crippen LogP contribution < -0.4 is 0 Å². The van der Waals surface area contributed by atoms with Crippen LogP contribution in [0, 0.1) is 13.8 Å². The Morgan fingerprint density at radius 1 is 1.38 bits per heavy atom. The molecule has 0 bridgehead atoms. The lowest BCUT2D eigenvalue weighted by Crippen LogP contribution is -2.33. The molecule has 1 N–H and O–H groups in total. The van der Waals surface area contributed by atoms with Gasteiger partial charge in [-0.05, 0) is 32.8 Å². The van der Waals surface area contributed by atoms with Crippen LogP contribution >= 0.6 is 0 Å². The highest BCUT2D eigenvalue weighted by atomic mass is 16.3. The molecule has 3 heterocycles. The van der Waals surface area contributed by atoms with E-state index in [4.69, 9.17) is 0 Å². The highest BCUT2D eigenvalue weighted by molar-refractivity contribution is 5.76. The van der Waals surface area contributed by atoms with Crippen molar-refractivity contribution in [1.82, 2.24) is 24.2 Å². The molecule has 130 valence electrons. The van der Waals surface area contributed by atoms with Crippen LogP contribution in [0.15, 0.2) is 12.4 Å². The number of aliphatic hydroxyl groups excluding tert-OH is 1. The Bertz CT molecular complexity index is 733. The maximum absolute atomic E-state index is 12.7. The average molecular weight is 331 g/mol. The van der Waals surface area contributed by atoms with Gasteiger partial charge in [0.1, 0.15) is 6.54 Å². The normalized spacial score (nSPS) is 15.9. The van der Waals surface area contributed by atoms with Crippen molar-refractivity contribution in [2.45, 2.75) is 59.4 Å². The second-order valence-electron chi connectivity index (χ2n) is 6.42. The number of aromatic nitrogens is 4. The van der Waals surface area contributed by atoms with Crippen molar-refractivity contribution < 1.29 is 9.90 Å². The topological polar surface area (TPSA) is 76.2 Å². The fraction of sp³-hybridized carbons (Fsp3) is 0.588. The molecule has 24 heavy (non-hydrogen) atoms. The Labute approximate surface area is 141 Å². The Kier molecular flexibility index (Phi) is 4.71. The van der Waals surface area contributed by atoms with Gasteiger partial charge in [-0.15, -0.1) is 0 Å². The number of fused-ring (bicyclic) bond motifs is 1. The molecule has 3 rings (SSSR count). The molecule has 0 fully saturated rings. The molecule has 0 aromatic carbocycles. The molecule has 0 saturated heterocycles. The zero-order valence-electron chi connectivity index (χ0n) is 14.6. The smallest absolute Gasteiger partial charge is 0.242 e. The molecule has 7 heteroatoms. The molecule has 2 aromatic rings. The number of aryl methyl sites for hydroxylation is 2. The van der Waals surface area contributed by atoms with E-state index in [0.717, 1.165) is 36.6 Å². The summed E-state index contributed by atoms with van der Waals surface area (Å²) in [4.78, 5) is 18.8. The highest BCUT2D eigenvalue weighted by Crippen LogP contribution is 2.20. The summed E-state index contributed by atoms with van der Waals surface area (Å²) in [7, 11) is 0. The molecule has 0 saturated carbocycles. The molecule has 7 nitrogen and oxygen atoms in total. The summed E-state index contributed by atoms with van der Waals surface area (Å²) in [5, 5.41) is 14.5. The number of aliphatic hydroxyl groups is 1. The summed E-state index contributed by atoms with van der Waals surface area (Å²) < 4.78 is 3.82. The lowest BCUT2D eigenvalue weighted by molar-refractivity contribution is -0.132. The van der Waals surface area contributed by atoms with Gasteiger partial charge in [0, 0.05) is 18.8 Å². The van der Waals surface area contributed by atoms with Crippen LogP contribution in [0.25, 0.3) is 0 Å². The van der Waals surface area contributed by atoms with Crippen LogP contribution in [0.1, 0.15) is 48.6 Å². The molecule has 1 amide bonds. The van der Waals surface area contributed by atoms with E-state index in [1.165, 1.54) is 0 Å². The maximum Gasteiger partial charge on any atom is 0.242 e. The largest absolute Gasteiger partial charge is 0.387 e. The molecule has 1 aliphatic rings. The summed E-state index contributed by atoms with van der Waals surface area (Å²) in [5.74, 6) is 0.0859. The number of hydrogen-bond acceptors (Lipinski definition) is 4. The van der Waals surface area contributed by atoms with Crippen molar-refractivity contribution in [2.75, 3.05) is 6.54 Å². The van der Waals surface area contributed by atoms with Crippen molar-refractivity contribution >= 4 is 5.91 Å². The number of nitrogens with zero attached hydrogens (tertiary/aromatic N) is 5. The van der Waals surface area contributed by atoms with Gasteiger partial charge >= 0.3 is 0 Å². The number of imidazole rings is 1. The third-order valence-corrected chi connectivity index (χ3v) is 4.76. The van der Waals surface area contributed by atoms with Gasteiger partial charge in [0.15, 0.2) is 0 Å². The first kappa shape index (κ1) is 16.7. The number of carbonyl (C=O) groups excluding carboxylic acids is 1. The van der Waals surface area contributed by atoms with Gasteiger partial charge < -0.3 is 14.6 Å². The molecule has 1 atom stereocenters. The third kappa shape index (κ3) is 3.21. The molecule has 0 aliphatic carbocycles. The van der Waals surface area contributed by atoms with E-state index in [-0.39, 0.29) is 5.91 Å². The Morgan fingerprint density at radius 2 is 2.17 bits per heavy atom. The van der Waals surface area contributed by atoms with Crippen LogP contribution in [0.4, 0.5) is 0 Å². The quantitative estimate of drug-likeness (QED) is 0.923. The fourth-order valence-electron chi connectivity index (χ4n) is 3.02. The predicted octanol–water partition coefficient (Wildman–Crippen LogP) is 1.57. The van der Waals surface area contributed by atoms with Crippen molar-refractivity contribution in [2.24, 2.45) is 0 Å². The first-order chi connectivity index (χ1) is 11.5. The minimum atomic E-state index is -0.537. The maximum atomic E-state index is 12.7. The van der Waals surface area contributed by atoms with Gasteiger partial charge in [-0.2, -0.15) is 5.10 Å². The molecule has 1 aliphatic heterocycles. The highest BCUT2D eigenvalue weighted by Gasteiger charge is 2.22. The van der Waals surface area contributed by atoms with Crippen molar-refractivity contribution in [3.8, 4) is 0 Å². The second kappa shape index (κ2) is 6.76. The summed E-state index contributed by atoms with van der Waals surface area (Å²) in [5.41, 5.74) is 3.66. The molecular weight excluding hydrogens is 306 g/mol. The van der Waals surface area contributed by atoms with E-state index in [0.29, 0.717) is 25.2 Å². The molecule has 0 unspecified atom stereocenters. The van der Waals surface area contributed by atoms with E-state index in [2.05, 4.69) is 10.1 Å². The third-order valence-electron chi connectivity index (χ3n) is 4.76. The minimum absolute atomic E-state index is 0.0859. The first-order valence-electron chi connectivity index (χ1n) is 8.50. The Hall–Kier alpha value is -2.15. The zero-order valence-corrected chi connectivity index (χ0v) is 14.6. The number of hydrogen-bond donors (Lipinski definition) is 1. The summed E-state index contributed by atoms with van der Waals surface area (Å²) >= 11 is 0. The van der Waals surface area contributed by atoms with Crippen molar-refractivity contribution in [3.63, 3.8) is 0 Å². The number of amides is 1. The van der Waals surface area contributed by atoms with Crippen molar-refractivity contribution in [3.05, 3.63) is 35.2 Å². The van der Waals surface area contributed by atoms with Crippen LogP contribution in [0.3, 0.4) is 0 Å². The van der Waals surface area contributed by atoms with E-state index in [1.54, 1.807) is 6.33 Å². The standard InChI is InChI=1S/C17H25N5O2/c1-4-16(23)15-8-14-9-20(6-5-7-22(14)19-15)17(24)10-21-11-18-12(2)13(21)3/h8,11,16,23H,4-7,9-10H2,1-3H3/t16-/m0/s1. The zero-order chi connectivity index (χ0) is 17.3. The van der Waals surface area contributed by atoms with E-state index in [9.17, 15) is 9.90 Å². The fourth-order valence-corrected chi connectivity index (χ4v) is 3.02. The second-order valence-corrected chi connectivity index (χ2v) is 6.42. The predicted molar refractivity (Wildman–Crippen MR) is 89.2 cm³/mol. The van der Waals surface area contributed by atoms with Gasteiger partial charge in [-0.3, -0.25) is 9.48 Å². The van der Waals surface area contributed by atoms with E-state index >= 15 is 0 Å². The van der Waals surface area contributed by atoms with Gasteiger partial charge in [0.25, 0.3) is 0 Å². The molecular formula is C17H25N5O2. The molecule has 2 aromatic heterocycles. The summed E-state index contributed by atoms with van der Waals surface area (Å²) in [6.45, 7) is 8.20. The molecule has 0 spiro atoms. The van der Waals surface area contributed by atoms with Gasteiger partial charge in [0.2, 0.25) is 5.91 Å². The summed E-state index contributed by atoms with van der Waals surface area (Å²) in [6.07, 6.45) is 2.69. The number of carbonyl (C=O) groups is 1. The minimum Gasteiger partial charge on any atom is -0.387 e. The SMILES string of the molecule is CC[C@H](O)c1cc2n(n1)CCCN(C(=O)Cn1cnc(C)c1C)C2. The van der Waals surface area contributed by atoms with E-state index < -0.39 is 6.10 Å². The first-order valence-corrected chi connectivity index (χ1v) is 8.50. The van der Waals surface area contributed by atoms with Crippen LogP contribution in [0.2, 0.25) is 0 Å². The summed E-state index contributed by atoms with van der Waals surface area (Å²) in [6, 6.07) is 1.92.